The Morgan fingerprint density at radius 3 is 2.54 bits per heavy atom. The largest absolute Gasteiger partial charge is 0.313 e. The van der Waals surface area contributed by atoms with Crippen molar-refractivity contribution >= 4 is 10.0 Å². The highest BCUT2D eigenvalue weighted by Gasteiger charge is 2.20. The minimum absolute atomic E-state index is 0.198. The highest BCUT2D eigenvalue weighted by molar-refractivity contribution is 7.89. The first-order valence-corrected chi connectivity index (χ1v) is 6.50. The molecule has 1 rings (SSSR count). The van der Waals surface area contributed by atoms with E-state index in [1.807, 2.05) is 6.92 Å². The van der Waals surface area contributed by atoms with Gasteiger partial charge in [0.25, 0.3) is 0 Å². The predicted octanol–water partition coefficient (Wildman–Crippen LogP) is 0.0678. The summed E-state index contributed by atoms with van der Waals surface area (Å²) >= 11 is 0. The van der Waals surface area contributed by atoms with Crippen LogP contribution in [0, 0.1) is 0 Å². The van der Waals surface area contributed by atoms with Crippen LogP contribution in [0.4, 0.5) is 0 Å². The number of hydrogen-bond donors (Lipinski definition) is 2. The number of hydrogen-bond acceptors (Lipinski definition) is 3. The molecule has 0 unspecified atom stereocenters. The standard InChI is InChI=1S/C8H18N2O2S/c1-2-5-10-13(11,12)7-6-9-8-3-4-8/h8-10H,2-7H2,1H3. The van der Waals surface area contributed by atoms with Gasteiger partial charge in [-0.25, -0.2) is 13.1 Å². The fourth-order valence-corrected chi connectivity index (χ4v) is 2.06. The average Bonchev–Trinajstić information content (AvgIpc) is 2.84. The van der Waals surface area contributed by atoms with Gasteiger partial charge in [0.2, 0.25) is 10.0 Å². The SMILES string of the molecule is CCCNS(=O)(=O)CCNC1CC1. The van der Waals surface area contributed by atoms with Crippen molar-refractivity contribution in [2.75, 3.05) is 18.8 Å². The van der Waals surface area contributed by atoms with Gasteiger partial charge in [0.1, 0.15) is 0 Å². The molecule has 5 heteroatoms. The summed E-state index contributed by atoms with van der Waals surface area (Å²) in [5.41, 5.74) is 0. The molecule has 1 aliphatic carbocycles. The Kier molecular flexibility index (Phi) is 4.15. The maximum atomic E-state index is 11.2. The van der Waals surface area contributed by atoms with Crippen LogP contribution in [0.15, 0.2) is 0 Å². The summed E-state index contributed by atoms with van der Waals surface area (Å²) in [5, 5.41) is 3.17. The van der Waals surface area contributed by atoms with Gasteiger partial charge in [-0.1, -0.05) is 6.92 Å². The van der Waals surface area contributed by atoms with Crippen LogP contribution in [-0.2, 0) is 10.0 Å². The van der Waals surface area contributed by atoms with Gasteiger partial charge in [0.15, 0.2) is 0 Å². The zero-order valence-corrected chi connectivity index (χ0v) is 8.86. The van der Waals surface area contributed by atoms with Crippen LogP contribution in [0.1, 0.15) is 26.2 Å². The Hall–Kier alpha value is -0.130. The summed E-state index contributed by atoms with van der Waals surface area (Å²) in [6, 6.07) is 0.585. The smallest absolute Gasteiger partial charge is 0.212 e. The third kappa shape index (κ3) is 5.23. The molecule has 0 heterocycles. The second kappa shape index (κ2) is 4.93. The van der Waals surface area contributed by atoms with E-state index in [-0.39, 0.29) is 5.75 Å². The van der Waals surface area contributed by atoms with Crippen LogP contribution in [0.5, 0.6) is 0 Å². The Bertz CT molecular complexity index is 235. The van der Waals surface area contributed by atoms with E-state index in [1.54, 1.807) is 0 Å². The van der Waals surface area contributed by atoms with Crippen molar-refractivity contribution in [1.29, 1.82) is 0 Å². The molecule has 1 saturated carbocycles. The van der Waals surface area contributed by atoms with E-state index in [0.29, 0.717) is 19.1 Å². The molecule has 0 aromatic heterocycles. The van der Waals surface area contributed by atoms with Crippen molar-refractivity contribution in [2.45, 2.75) is 32.2 Å². The van der Waals surface area contributed by atoms with E-state index >= 15 is 0 Å². The van der Waals surface area contributed by atoms with Crippen LogP contribution in [0.25, 0.3) is 0 Å². The van der Waals surface area contributed by atoms with Crippen molar-refractivity contribution in [1.82, 2.24) is 10.0 Å². The first-order chi connectivity index (χ1) is 6.14. The van der Waals surface area contributed by atoms with Crippen LogP contribution in [0.3, 0.4) is 0 Å². The molecule has 0 bridgehead atoms. The Morgan fingerprint density at radius 2 is 2.00 bits per heavy atom. The number of sulfonamides is 1. The first-order valence-electron chi connectivity index (χ1n) is 4.85. The molecule has 2 N–H and O–H groups in total. The molecule has 13 heavy (non-hydrogen) atoms. The molecule has 1 fully saturated rings. The molecule has 0 spiro atoms. The summed E-state index contributed by atoms with van der Waals surface area (Å²) in [6.45, 7) is 3.07. The van der Waals surface area contributed by atoms with E-state index in [1.165, 1.54) is 12.8 Å². The molecule has 4 nitrogen and oxygen atoms in total. The normalized spacial score (nSPS) is 17.6. The van der Waals surface area contributed by atoms with Crippen molar-refractivity contribution in [3.63, 3.8) is 0 Å². The molecule has 0 saturated heterocycles. The van der Waals surface area contributed by atoms with Gasteiger partial charge in [-0.3, -0.25) is 0 Å². The minimum atomic E-state index is -3.02. The quantitative estimate of drug-likeness (QED) is 0.619. The van der Waals surface area contributed by atoms with E-state index in [2.05, 4.69) is 10.0 Å². The zero-order valence-electron chi connectivity index (χ0n) is 8.04. The van der Waals surface area contributed by atoms with Gasteiger partial charge in [-0.15, -0.1) is 0 Å². The topological polar surface area (TPSA) is 58.2 Å². The Morgan fingerprint density at radius 1 is 1.31 bits per heavy atom. The fraction of sp³-hybridized carbons (Fsp3) is 1.00. The summed E-state index contributed by atoms with van der Waals surface area (Å²) < 4.78 is 25.0. The van der Waals surface area contributed by atoms with Gasteiger partial charge in [-0.05, 0) is 19.3 Å². The second-order valence-electron chi connectivity index (χ2n) is 3.44. The van der Waals surface area contributed by atoms with Gasteiger partial charge in [0.05, 0.1) is 5.75 Å². The van der Waals surface area contributed by atoms with E-state index < -0.39 is 10.0 Å². The van der Waals surface area contributed by atoms with E-state index in [9.17, 15) is 8.42 Å². The van der Waals surface area contributed by atoms with E-state index in [4.69, 9.17) is 0 Å². The van der Waals surface area contributed by atoms with Crippen molar-refractivity contribution < 1.29 is 8.42 Å². The van der Waals surface area contributed by atoms with Gasteiger partial charge in [-0.2, -0.15) is 0 Å². The molecule has 0 aliphatic heterocycles. The molecule has 1 aliphatic rings. The number of nitrogens with one attached hydrogen (secondary N) is 2. The van der Waals surface area contributed by atoms with Gasteiger partial charge in [0, 0.05) is 19.1 Å². The maximum Gasteiger partial charge on any atom is 0.212 e. The lowest BCUT2D eigenvalue weighted by atomic mass is 10.5. The lowest BCUT2D eigenvalue weighted by Gasteiger charge is -2.05. The second-order valence-corrected chi connectivity index (χ2v) is 5.37. The minimum Gasteiger partial charge on any atom is -0.313 e. The summed E-state index contributed by atoms with van der Waals surface area (Å²) in [5.74, 6) is 0.198. The van der Waals surface area contributed by atoms with Gasteiger partial charge < -0.3 is 5.32 Å². The molecule has 0 radical (unpaired) electrons. The van der Waals surface area contributed by atoms with Crippen molar-refractivity contribution in [3.8, 4) is 0 Å². The Labute approximate surface area is 80.1 Å². The van der Waals surface area contributed by atoms with Crippen molar-refractivity contribution in [3.05, 3.63) is 0 Å². The molecular weight excluding hydrogens is 188 g/mol. The third-order valence-electron chi connectivity index (χ3n) is 1.95. The fourth-order valence-electron chi connectivity index (χ4n) is 1.01. The van der Waals surface area contributed by atoms with E-state index in [0.717, 1.165) is 6.42 Å². The van der Waals surface area contributed by atoms with Crippen LogP contribution in [0.2, 0.25) is 0 Å². The monoisotopic (exact) mass is 206 g/mol. The predicted molar refractivity (Wildman–Crippen MR) is 53.1 cm³/mol. The molecule has 78 valence electrons. The zero-order chi connectivity index (χ0) is 9.73. The first kappa shape index (κ1) is 10.9. The van der Waals surface area contributed by atoms with Crippen LogP contribution in [-0.4, -0.2) is 33.3 Å². The summed E-state index contributed by atoms with van der Waals surface area (Å²) in [7, 11) is -3.02. The summed E-state index contributed by atoms with van der Waals surface area (Å²) in [4.78, 5) is 0. The third-order valence-corrected chi connectivity index (χ3v) is 3.34. The average molecular weight is 206 g/mol. The van der Waals surface area contributed by atoms with Crippen LogP contribution >= 0.6 is 0 Å². The maximum absolute atomic E-state index is 11.2. The van der Waals surface area contributed by atoms with Crippen molar-refractivity contribution in [2.24, 2.45) is 0 Å². The molecular formula is C8H18N2O2S. The molecule has 0 amide bonds. The molecule has 0 aromatic carbocycles. The lowest BCUT2D eigenvalue weighted by Crippen LogP contribution is -2.33. The highest BCUT2D eigenvalue weighted by Crippen LogP contribution is 2.17. The lowest BCUT2D eigenvalue weighted by molar-refractivity contribution is 0.575. The summed E-state index contributed by atoms with van der Waals surface area (Å²) in [6.07, 6.45) is 3.24. The molecule has 0 aromatic rings. The van der Waals surface area contributed by atoms with Gasteiger partial charge >= 0.3 is 0 Å². The number of rotatable bonds is 7. The highest BCUT2D eigenvalue weighted by atomic mass is 32.2. The van der Waals surface area contributed by atoms with Crippen LogP contribution < -0.4 is 10.0 Å². The Balaban J connectivity index is 2.09. The molecule has 0 atom stereocenters.